The summed E-state index contributed by atoms with van der Waals surface area (Å²) in [6.45, 7) is 0.471. The number of carboxylic acid groups (broad SMARTS) is 1. The molecule has 0 aliphatic heterocycles. The third-order valence-corrected chi connectivity index (χ3v) is 5.22. The number of nitrogens with one attached hydrogen (secondary N) is 1. The number of aliphatic hydroxyl groups excluding tert-OH is 1. The smallest absolute Gasteiger partial charge is 0.338 e. The van der Waals surface area contributed by atoms with Crippen LogP contribution in [0.2, 0.25) is 0 Å². The number of methoxy groups -OCH3 is 1. The number of carboxylic acids is 1. The van der Waals surface area contributed by atoms with Gasteiger partial charge < -0.3 is 24.7 Å². The molecule has 3 aromatic rings. The summed E-state index contributed by atoms with van der Waals surface area (Å²) in [7, 11) is 1.53. The van der Waals surface area contributed by atoms with Crippen LogP contribution in [0.1, 0.15) is 33.8 Å². The topological polar surface area (TPSA) is 127 Å². The molecule has 4 rings (SSSR count). The molecule has 1 aliphatic rings. The van der Waals surface area contributed by atoms with Gasteiger partial charge in [-0.2, -0.15) is 5.10 Å². The lowest BCUT2D eigenvalue weighted by molar-refractivity contribution is 0.0696. The fraction of sp³-hybridized carbons (Fsp3) is 0.350. The van der Waals surface area contributed by atoms with E-state index in [1.165, 1.54) is 19.5 Å². The van der Waals surface area contributed by atoms with E-state index in [-0.39, 0.29) is 17.2 Å². The molecule has 1 amide bonds. The molecular formula is C20H21N3O6. The largest absolute Gasteiger partial charge is 0.493 e. The van der Waals surface area contributed by atoms with Crippen molar-refractivity contribution in [3.63, 3.8) is 0 Å². The molecule has 1 aromatic carbocycles. The summed E-state index contributed by atoms with van der Waals surface area (Å²) < 4.78 is 12.5. The molecule has 2 heterocycles. The van der Waals surface area contributed by atoms with E-state index in [2.05, 4.69) is 10.4 Å². The van der Waals surface area contributed by atoms with Gasteiger partial charge in [-0.3, -0.25) is 9.48 Å². The molecule has 9 nitrogen and oxygen atoms in total. The summed E-state index contributed by atoms with van der Waals surface area (Å²) in [6.07, 6.45) is 3.10. The fourth-order valence-corrected chi connectivity index (χ4v) is 3.81. The van der Waals surface area contributed by atoms with Gasteiger partial charge >= 0.3 is 5.97 Å². The lowest BCUT2D eigenvalue weighted by Gasteiger charge is -2.15. The van der Waals surface area contributed by atoms with Crippen LogP contribution < -0.4 is 10.1 Å². The van der Waals surface area contributed by atoms with Gasteiger partial charge in [0.1, 0.15) is 0 Å². The number of carbonyl (C=O) groups excluding carboxylic acids is 1. The van der Waals surface area contributed by atoms with E-state index in [1.807, 2.05) is 12.1 Å². The number of aliphatic hydroxyl groups is 1. The molecule has 29 heavy (non-hydrogen) atoms. The van der Waals surface area contributed by atoms with E-state index in [4.69, 9.17) is 14.3 Å². The van der Waals surface area contributed by atoms with E-state index in [0.29, 0.717) is 30.7 Å². The highest BCUT2D eigenvalue weighted by Gasteiger charge is 2.35. The molecule has 0 saturated heterocycles. The predicted molar refractivity (Wildman–Crippen MR) is 102 cm³/mol. The highest BCUT2D eigenvalue weighted by atomic mass is 16.5. The van der Waals surface area contributed by atoms with Gasteiger partial charge in [0.05, 0.1) is 31.0 Å². The summed E-state index contributed by atoms with van der Waals surface area (Å²) in [5.41, 5.74) is 0.617. The summed E-state index contributed by atoms with van der Waals surface area (Å²) in [5, 5.41) is 27.0. The number of hydrogen-bond acceptors (Lipinski definition) is 6. The number of fused-ring (bicyclic) bond motifs is 1. The molecule has 1 aliphatic carbocycles. The predicted octanol–water partition coefficient (Wildman–Crippen LogP) is 1.91. The van der Waals surface area contributed by atoms with Crippen molar-refractivity contribution in [2.24, 2.45) is 5.92 Å². The number of carbonyl (C=O) groups is 2. The number of ether oxygens (including phenoxy) is 1. The van der Waals surface area contributed by atoms with Crippen molar-refractivity contribution >= 4 is 22.8 Å². The van der Waals surface area contributed by atoms with Crippen molar-refractivity contribution < 1.29 is 29.0 Å². The van der Waals surface area contributed by atoms with Gasteiger partial charge in [-0.1, -0.05) is 12.1 Å². The van der Waals surface area contributed by atoms with Gasteiger partial charge in [-0.05, 0) is 30.9 Å². The third-order valence-electron chi connectivity index (χ3n) is 5.22. The highest BCUT2D eigenvalue weighted by molar-refractivity contribution is 5.97. The van der Waals surface area contributed by atoms with Gasteiger partial charge in [0.2, 0.25) is 0 Å². The van der Waals surface area contributed by atoms with Crippen LogP contribution in [0.4, 0.5) is 0 Å². The first-order valence-electron chi connectivity index (χ1n) is 9.26. The quantitative estimate of drug-likeness (QED) is 0.578. The average Bonchev–Trinajstić information content (AvgIpc) is 3.40. The maximum Gasteiger partial charge on any atom is 0.338 e. The first-order valence-corrected chi connectivity index (χ1v) is 9.26. The van der Waals surface area contributed by atoms with Gasteiger partial charge in [0, 0.05) is 18.1 Å². The average molecular weight is 399 g/mol. The summed E-state index contributed by atoms with van der Waals surface area (Å²) in [6, 6.07) is 6.62. The molecular weight excluding hydrogens is 378 g/mol. The normalized spacial score (nSPS) is 21.4. The molecule has 0 radical (unpaired) electrons. The zero-order chi connectivity index (χ0) is 20.5. The van der Waals surface area contributed by atoms with Gasteiger partial charge in [-0.25, -0.2) is 4.79 Å². The van der Waals surface area contributed by atoms with Gasteiger partial charge in [0.15, 0.2) is 17.1 Å². The fourth-order valence-electron chi connectivity index (χ4n) is 3.81. The van der Waals surface area contributed by atoms with Crippen molar-refractivity contribution in [2.75, 3.05) is 7.11 Å². The van der Waals surface area contributed by atoms with Gasteiger partial charge in [0.25, 0.3) is 5.91 Å². The third kappa shape index (κ3) is 3.81. The zero-order valence-electron chi connectivity index (χ0n) is 15.7. The maximum atomic E-state index is 12.6. The van der Waals surface area contributed by atoms with Crippen LogP contribution in [0.25, 0.3) is 11.0 Å². The Bertz CT molecular complexity index is 1060. The van der Waals surface area contributed by atoms with E-state index in [1.54, 1.807) is 16.8 Å². The Kier molecular flexibility index (Phi) is 4.98. The molecule has 0 bridgehead atoms. The maximum absolute atomic E-state index is 12.6. The molecule has 1 saturated carbocycles. The Morgan fingerprint density at radius 2 is 2.21 bits per heavy atom. The van der Waals surface area contributed by atoms with Crippen molar-refractivity contribution in [1.82, 2.24) is 15.1 Å². The van der Waals surface area contributed by atoms with Crippen LogP contribution >= 0.6 is 0 Å². The number of aromatic carboxylic acids is 1. The number of nitrogens with zero attached hydrogens (tertiary/aromatic N) is 2. The van der Waals surface area contributed by atoms with Crippen LogP contribution in [-0.4, -0.2) is 51.1 Å². The molecule has 1 fully saturated rings. The molecule has 3 N–H and O–H groups in total. The SMILES string of the molecule is COc1cccc2cc(C(=O)N[C@@H]3CC(Cn4cc(C(=O)O)cn4)C[C@H]3O)oc12. The minimum absolute atomic E-state index is 0.0626. The Labute approximate surface area is 165 Å². The Morgan fingerprint density at radius 1 is 1.38 bits per heavy atom. The summed E-state index contributed by atoms with van der Waals surface area (Å²) in [5.74, 6) is -0.677. The summed E-state index contributed by atoms with van der Waals surface area (Å²) >= 11 is 0. The van der Waals surface area contributed by atoms with Crippen molar-refractivity contribution in [3.8, 4) is 5.75 Å². The Hall–Kier alpha value is -3.33. The van der Waals surface area contributed by atoms with Crippen LogP contribution in [-0.2, 0) is 6.54 Å². The number of furan rings is 1. The number of rotatable bonds is 6. The second-order valence-corrected chi connectivity index (χ2v) is 7.23. The lowest BCUT2D eigenvalue weighted by atomic mass is 10.1. The monoisotopic (exact) mass is 399 g/mol. The number of benzene rings is 1. The van der Waals surface area contributed by atoms with Gasteiger partial charge in [-0.15, -0.1) is 0 Å². The van der Waals surface area contributed by atoms with Crippen molar-refractivity contribution in [3.05, 3.63) is 48.0 Å². The Morgan fingerprint density at radius 3 is 2.93 bits per heavy atom. The number of hydrogen-bond donors (Lipinski definition) is 3. The standard InChI is InChI=1S/C20H21N3O6/c1-28-16-4-2-3-12-7-17(29-18(12)16)19(25)22-14-5-11(6-15(14)24)9-23-10-13(8-21-23)20(26)27/h2-4,7-8,10-11,14-15,24H,5-6,9H2,1H3,(H,22,25)(H,26,27)/t11?,14-,15-/m1/s1. The van der Waals surface area contributed by atoms with Crippen LogP contribution in [0.3, 0.4) is 0 Å². The van der Waals surface area contributed by atoms with E-state index < -0.39 is 24.0 Å². The second-order valence-electron chi connectivity index (χ2n) is 7.23. The molecule has 152 valence electrons. The minimum Gasteiger partial charge on any atom is -0.493 e. The van der Waals surface area contributed by atoms with E-state index in [0.717, 1.165) is 5.39 Å². The molecule has 2 aromatic heterocycles. The first-order chi connectivity index (χ1) is 13.9. The second kappa shape index (κ2) is 7.59. The number of aromatic nitrogens is 2. The number of amides is 1. The molecule has 3 atom stereocenters. The van der Waals surface area contributed by atoms with E-state index >= 15 is 0 Å². The number of para-hydroxylation sites is 1. The van der Waals surface area contributed by atoms with Crippen molar-refractivity contribution in [2.45, 2.75) is 31.5 Å². The molecule has 0 spiro atoms. The lowest BCUT2D eigenvalue weighted by Crippen LogP contribution is -2.39. The summed E-state index contributed by atoms with van der Waals surface area (Å²) in [4.78, 5) is 23.6. The Balaban J connectivity index is 1.41. The molecule has 1 unspecified atom stereocenters. The minimum atomic E-state index is -1.03. The van der Waals surface area contributed by atoms with E-state index in [9.17, 15) is 14.7 Å². The zero-order valence-corrected chi connectivity index (χ0v) is 15.7. The van der Waals surface area contributed by atoms with Crippen LogP contribution in [0, 0.1) is 5.92 Å². The van der Waals surface area contributed by atoms with Crippen molar-refractivity contribution in [1.29, 1.82) is 0 Å². The van der Waals surface area contributed by atoms with Crippen LogP contribution in [0.5, 0.6) is 5.75 Å². The highest BCUT2D eigenvalue weighted by Crippen LogP contribution is 2.30. The molecule has 9 heteroatoms. The van der Waals surface area contributed by atoms with Crippen LogP contribution in [0.15, 0.2) is 41.1 Å². The first kappa shape index (κ1) is 19.0.